The molecule has 1 aromatic carbocycles. The standard InChI is InChI=1S/C24H24F3N5O/c1-14(2)15-6-8-18(9-7-15)32-13-17-11-20(16(12-28)10-21(17)31-32)30-23(33)19-4-3-5-22(29-19)24(25,26)27/h3-5,10-11,13-15,18H,6-9H2,1-2H3,(H,30,33). The van der Waals surface area contributed by atoms with Crippen molar-refractivity contribution in [3.05, 3.63) is 53.5 Å². The molecule has 9 heteroatoms. The van der Waals surface area contributed by atoms with Gasteiger partial charge in [-0.1, -0.05) is 19.9 Å². The van der Waals surface area contributed by atoms with Crippen LogP contribution in [0.15, 0.2) is 36.5 Å². The van der Waals surface area contributed by atoms with Crippen molar-refractivity contribution in [2.45, 2.75) is 51.7 Å². The molecule has 172 valence electrons. The van der Waals surface area contributed by atoms with Gasteiger partial charge >= 0.3 is 6.18 Å². The Balaban J connectivity index is 1.57. The van der Waals surface area contributed by atoms with Crippen LogP contribution in [0.5, 0.6) is 0 Å². The zero-order valence-corrected chi connectivity index (χ0v) is 18.4. The lowest BCUT2D eigenvalue weighted by molar-refractivity contribution is -0.141. The lowest BCUT2D eigenvalue weighted by Gasteiger charge is -2.30. The largest absolute Gasteiger partial charge is 0.433 e. The molecule has 3 aromatic rings. The number of pyridine rings is 1. The second-order valence-corrected chi connectivity index (χ2v) is 8.85. The van der Waals surface area contributed by atoms with Crippen molar-refractivity contribution >= 4 is 22.5 Å². The predicted molar refractivity (Wildman–Crippen MR) is 117 cm³/mol. The van der Waals surface area contributed by atoms with E-state index in [-0.39, 0.29) is 23.0 Å². The average molecular weight is 455 g/mol. The maximum atomic E-state index is 12.9. The van der Waals surface area contributed by atoms with Crippen LogP contribution in [-0.2, 0) is 6.18 Å². The molecule has 0 spiro atoms. The van der Waals surface area contributed by atoms with Crippen LogP contribution in [0.3, 0.4) is 0 Å². The van der Waals surface area contributed by atoms with Crippen molar-refractivity contribution in [2.24, 2.45) is 11.8 Å². The molecule has 0 aliphatic heterocycles. The first kappa shape index (κ1) is 22.8. The normalized spacial score (nSPS) is 18.9. The molecule has 1 fully saturated rings. The van der Waals surface area contributed by atoms with E-state index in [0.717, 1.165) is 49.1 Å². The van der Waals surface area contributed by atoms with Gasteiger partial charge in [0.05, 0.1) is 22.8 Å². The number of hydrogen-bond donors (Lipinski definition) is 1. The molecule has 6 nitrogen and oxygen atoms in total. The van der Waals surface area contributed by atoms with Crippen LogP contribution in [0, 0.1) is 23.2 Å². The number of alkyl halides is 3. The Bertz CT molecular complexity index is 1220. The molecule has 1 N–H and O–H groups in total. The lowest BCUT2D eigenvalue weighted by atomic mass is 9.80. The smallest absolute Gasteiger partial charge is 0.319 e. The van der Waals surface area contributed by atoms with E-state index in [2.05, 4.69) is 29.2 Å². The van der Waals surface area contributed by atoms with E-state index in [1.54, 1.807) is 12.1 Å². The molecule has 1 aliphatic carbocycles. The molecule has 1 amide bonds. The van der Waals surface area contributed by atoms with Crippen LogP contribution in [-0.4, -0.2) is 20.7 Å². The zero-order valence-electron chi connectivity index (χ0n) is 18.4. The molecular formula is C24H24F3N5O. The Kier molecular flexibility index (Phi) is 6.11. The second-order valence-electron chi connectivity index (χ2n) is 8.85. The van der Waals surface area contributed by atoms with Gasteiger partial charge in [0.2, 0.25) is 0 Å². The average Bonchev–Trinajstić information content (AvgIpc) is 3.21. The molecule has 1 aliphatic rings. The van der Waals surface area contributed by atoms with Crippen LogP contribution >= 0.6 is 0 Å². The summed E-state index contributed by atoms with van der Waals surface area (Å²) < 4.78 is 40.7. The minimum absolute atomic E-state index is 0.177. The van der Waals surface area contributed by atoms with Gasteiger partial charge in [0.15, 0.2) is 0 Å². The van der Waals surface area contributed by atoms with Crippen molar-refractivity contribution < 1.29 is 18.0 Å². The third-order valence-electron chi connectivity index (χ3n) is 6.36. The quantitative estimate of drug-likeness (QED) is 0.526. The summed E-state index contributed by atoms with van der Waals surface area (Å²) in [6.07, 6.45) is 1.60. The third-order valence-corrected chi connectivity index (χ3v) is 6.36. The van der Waals surface area contributed by atoms with Gasteiger partial charge in [-0.15, -0.1) is 0 Å². The highest BCUT2D eigenvalue weighted by Gasteiger charge is 2.33. The van der Waals surface area contributed by atoms with E-state index in [1.807, 2.05) is 16.9 Å². The van der Waals surface area contributed by atoms with Gasteiger partial charge < -0.3 is 5.32 Å². The number of benzene rings is 1. The Morgan fingerprint density at radius 2 is 1.94 bits per heavy atom. The first-order chi connectivity index (χ1) is 15.7. The number of aromatic nitrogens is 3. The van der Waals surface area contributed by atoms with Gasteiger partial charge in [-0.2, -0.15) is 23.5 Å². The number of nitriles is 1. The molecule has 2 aromatic heterocycles. The van der Waals surface area contributed by atoms with Gasteiger partial charge in [0.25, 0.3) is 5.91 Å². The van der Waals surface area contributed by atoms with Crippen LogP contribution in [0.2, 0.25) is 0 Å². The van der Waals surface area contributed by atoms with Gasteiger partial charge in [-0.3, -0.25) is 9.48 Å². The number of nitrogens with zero attached hydrogens (tertiary/aromatic N) is 4. The van der Waals surface area contributed by atoms with Gasteiger partial charge in [0, 0.05) is 11.6 Å². The van der Waals surface area contributed by atoms with E-state index >= 15 is 0 Å². The molecule has 33 heavy (non-hydrogen) atoms. The van der Waals surface area contributed by atoms with Gasteiger partial charge in [-0.05, 0) is 61.8 Å². The number of amides is 1. The summed E-state index contributed by atoms with van der Waals surface area (Å²) in [4.78, 5) is 16.0. The fourth-order valence-corrected chi connectivity index (χ4v) is 4.41. The number of carbonyl (C=O) groups excluding carboxylic acids is 1. The summed E-state index contributed by atoms with van der Waals surface area (Å²) in [5.41, 5.74) is -0.521. The summed E-state index contributed by atoms with van der Waals surface area (Å²) in [6.45, 7) is 4.50. The number of fused-ring (bicyclic) bond motifs is 1. The van der Waals surface area contributed by atoms with E-state index < -0.39 is 17.8 Å². The summed E-state index contributed by atoms with van der Waals surface area (Å²) in [5, 5.41) is 17.5. The first-order valence-electron chi connectivity index (χ1n) is 10.9. The van der Waals surface area contributed by atoms with E-state index in [1.165, 1.54) is 6.07 Å². The van der Waals surface area contributed by atoms with Crippen molar-refractivity contribution in [1.82, 2.24) is 14.8 Å². The number of hydrogen-bond acceptors (Lipinski definition) is 4. The van der Waals surface area contributed by atoms with E-state index in [4.69, 9.17) is 0 Å². The van der Waals surface area contributed by atoms with Crippen molar-refractivity contribution in [3.63, 3.8) is 0 Å². The van der Waals surface area contributed by atoms with Crippen LogP contribution < -0.4 is 5.32 Å². The minimum Gasteiger partial charge on any atom is -0.319 e. The summed E-state index contributed by atoms with van der Waals surface area (Å²) >= 11 is 0. The molecule has 0 saturated heterocycles. The van der Waals surface area contributed by atoms with E-state index in [0.29, 0.717) is 11.4 Å². The fraction of sp³-hybridized carbons (Fsp3) is 0.417. The highest BCUT2D eigenvalue weighted by molar-refractivity contribution is 6.04. The second kappa shape index (κ2) is 8.85. The maximum absolute atomic E-state index is 12.9. The SMILES string of the molecule is CC(C)C1CCC(n2cc3cc(NC(=O)c4cccc(C(F)(F)F)n4)c(C#N)cc3n2)CC1. The van der Waals surface area contributed by atoms with E-state index in [9.17, 15) is 23.2 Å². The van der Waals surface area contributed by atoms with Crippen molar-refractivity contribution in [2.75, 3.05) is 5.32 Å². The fourth-order valence-electron chi connectivity index (χ4n) is 4.41. The van der Waals surface area contributed by atoms with Gasteiger partial charge in [-0.25, -0.2) is 4.98 Å². The number of carbonyl (C=O) groups is 1. The van der Waals surface area contributed by atoms with Crippen LogP contribution in [0.4, 0.5) is 18.9 Å². The first-order valence-corrected chi connectivity index (χ1v) is 10.9. The topological polar surface area (TPSA) is 83.6 Å². The molecule has 0 atom stereocenters. The Morgan fingerprint density at radius 1 is 1.21 bits per heavy atom. The summed E-state index contributed by atoms with van der Waals surface area (Å²) in [7, 11) is 0. The lowest BCUT2D eigenvalue weighted by Crippen LogP contribution is -2.21. The number of nitrogens with one attached hydrogen (secondary N) is 1. The molecule has 4 rings (SSSR count). The highest BCUT2D eigenvalue weighted by atomic mass is 19.4. The molecule has 1 saturated carbocycles. The Hall–Kier alpha value is -3.41. The number of rotatable bonds is 4. The molecule has 2 heterocycles. The van der Waals surface area contributed by atoms with Gasteiger partial charge in [0.1, 0.15) is 17.5 Å². The van der Waals surface area contributed by atoms with Crippen molar-refractivity contribution in [3.8, 4) is 6.07 Å². The number of halogens is 3. The minimum atomic E-state index is -4.66. The predicted octanol–water partition coefficient (Wildman–Crippen LogP) is 5.96. The third kappa shape index (κ3) is 4.85. The zero-order chi connectivity index (χ0) is 23.8. The molecular weight excluding hydrogens is 431 g/mol. The Morgan fingerprint density at radius 3 is 2.58 bits per heavy atom. The maximum Gasteiger partial charge on any atom is 0.433 e. The Labute approximate surface area is 189 Å². The highest BCUT2D eigenvalue weighted by Crippen LogP contribution is 2.36. The molecule has 0 unspecified atom stereocenters. The molecule has 0 bridgehead atoms. The summed E-state index contributed by atoms with van der Waals surface area (Å²) in [5.74, 6) is 0.567. The summed E-state index contributed by atoms with van der Waals surface area (Å²) in [6, 6.07) is 8.63. The van der Waals surface area contributed by atoms with Crippen molar-refractivity contribution in [1.29, 1.82) is 5.26 Å². The van der Waals surface area contributed by atoms with Crippen LogP contribution in [0.25, 0.3) is 10.9 Å². The molecule has 0 radical (unpaired) electrons. The monoisotopic (exact) mass is 455 g/mol. The van der Waals surface area contributed by atoms with Crippen LogP contribution in [0.1, 0.15) is 67.3 Å². The number of anilines is 1.